The van der Waals surface area contributed by atoms with Gasteiger partial charge in [0.05, 0.1) is 12.2 Å². The molecular formula is C19H15N3O3S. The zero-order valence-electron chi connectivity index (χ0n) is 14.0. The SMILES string of the molecule is Cc1cccc(-c2nnc(SCC(=O)c3ccc4c(c3)CC(=O)N4)o2)c1. The predicted molar refractivity (Wildman–Crippen MR) is 98.3 cm³/mol. The zero-order chi connectivity index (χ0) is 18.1. The van der Waals surface area contributed by atoms with Gasteiger partial charge in [0, 0.05) is 16.8 Å². The summed E-state index contributed by atoms with van der Waals surface area (Å²) in [5, 5.41) is 11.1. The van der Waals surface area contributed by atoms with E-state index in [9.17, 15) is 9.59 Å². The maximum absolute atomic E-state index is 12.4. The highest BCUT2D eigenvalue weighted by atomic mass is 32.2. The second-order valence-corrected chi connectivity index (χ2v) is 6.98. The fourth-order valence-corrected chi connectivity index (χ4v) is 3.43. The molecule has 1 N–H and O–H groups in total. The van der Waals surface area contributed by atoms with E-state index in [0.29, 0.717) is 23.1 Å². The van der Waals surface area contributed by atoms with Crippen molar-refractivity contribution >= 4 is 29.1 Å². The summed E-state index contributed by atoms with van der Waals surface area (Å²) in [4.78, 5) is 23.8. The standard InChI is InChI=1S/C19H15N3O3S/c1-11-3-2-4-13(7-11)18-21-22-19(25-18)26-10-16(23)12-5-6-15-14(8-12)9-17(24)20-15/h2-8H,9-10H2,1H3,(H,20,24). The molecule has 0 bridgehead atoms. The molecule has 0 aliphatic carbocycles. The van der Waals surface area contributed by atoms with Gasteiger partial charge in [-0.3, -0.25) is 9.59 Å². The molecule has 130 valence electrons. The van der Waals surface area contributed by atoms with E-state index in [1.54, 1.807) is 18.2 Å². The highest BCUT2D eigenvalue weighted by Crippen LogP contribution is 2.26. The van der Waals surface area contributed by atoms with Crippen LogP contribution in [0.5, 0.6) is 0 Å². The monoisotopic (exact) mass is 365 g/mol. The van der Waals surface area contributed by atoms with E-state index in [1.807, 2.05) is 31.2 Å². The van der Waals surface area contributed by atoms with Gasteiger partial charge in [0.2, 0.25) is 11.8 Å². The van der Waals surface area contributed by atoms with Crippen molar-refractivity contribution in [2.24, 2.45) is 0 Å². The van der Waals surface area contributed by atoms with E-state index >= 15 is 0 Å². The number of nitrogens with zero attached hydrogens (tertiary/aromatic N) is 2. The molecular weight excluding hydrogens is 350 g/mol. The Kier molecular flexibility index (Phi) is 4.30. The number of fused-ring (bicyclic) bond motifs is 1. The molecule has 1 amide bonds. The third-order valence-corrected chi connectivity index (χ3v) is 4.87. The summed E-state index contributed by atoms with van der Waals surface area (Å²) in [7, 11) is 0. The number of carbonyl (C=O) groups excluding carboxylic acids is 2. The van der Waals surface area contributed by atoms with E-state index in [0.717, 1.165) is 22.4 Å². The second kappa shape index (κ2) is 6.76. The second-order valence-electron chi connectivity index (χ2n) is 6.05. The van der Waals surface area contributed by atoms with Crippen LogP contribution in [0.1, 0.15) is 21.5 Å². The zero-order valence-corrected chi connectivity index (χ0v) is 14.8. The topological polar surface area (TPSA) is 85.1 Å². The summed E-state index contributed by atoms with van der Waals surface area (Å²) < 4.78 is 5.63. The van der Waals surface area contributed by atoms with Crippen LogP contribution in [0.25, 0.3) is 11.5 Å². The maximum atomic E-state index is 12.4. The molecule has 7 heteroatoms. The summed E-state index contributed by atoms with van der Waals surface area (Å²) in [5.74, 6) is 0.530. The highest BCUT2D eigenvalue weighted by Gasteiger charge is 2.19. The Balaban J connectivity index is 1.42. The first-order valence-corrected chi connectivity index (χ1v) is 9.06. The van der Waals surface area contributed by atoms with Crippen LogP contribution in [0.15, 0.2) is 52.1 Å². The Labute approximate surface area is 154 Å². The average Bonchev–Trinajstić information content (AvgIpc) is 3.24. The van der Waals surface area contributed by atoms with Crippen LogP contribution in [0.2, 0.25) is 0 Å². The molecule has 0 spiro atoms. The number of aryl methyl sites for hydroxylation is 1. The summed E-state index contributed by atoms with van der Waals surface area (Å²) in [6, 6.07) is 13.0. The number of benzene rings is 2. The molecule has 0 atom stereocenters. The Bertz CT molecular complexity index is 1010. The van der Waals surface area contributed by atoms with Crippen molar-refractivity contribution in [3.63, 3.8) is 0 Å². The molecule has 1 aliphatic rings. The van der Waals surface area contributed by atoms with E-state index in [-0.39, 0.29) is 17.4 Å². The molecule has 0 radical (unpaired) electrons. The van der Waals surface area contributed by atoms with Crippen LogP contribution in [-0.2, 0) is 11.2 Å². The van der Waals surface area contributed by atoms with Gasteiger partial charge in [-0.15, -0.1) is 10.2 Å². The molecule has 2 aromatic carbocycles. The van der Waals surface area contributed by atoms with Gasteiger partial charge < -0.3 is 9.73 Å². The van der Waals surface area contributed by atoms with Crippen LogP contribution in [0.3, 0.4) is 0 Å². The predicted octanol–water partition coefficient (Wildman–Crippen LogP) is 3.51. The van der Waals surface area contributed by atoms with Crippen molar-refractivity contribution in [1.29, 1.82) is 0 Å². The molecule has 3 aromatic rings. The first-order chi connectivity index (χ1) is 12.6. The smallest absolute Gasteiger partial charge is 0.277 e. The maximum Gasteiger partial charge on any atom is 0.277 e. The van der Waals surface area contributed by atoms with Gasteiger partial charge in [0.1, 0.15) is 0 Å². The Morgan fingerprint density at radius 3 is 2.96 bits per heavy atom. The molecule has 2 heterocycles. The molecule has 0 unspecified atom stereocenters. The summed E-state index contributed by atoms with van der Waals surface area (Å²) in [6.07, 6.45) is 0.313. The Morgan fingerprint density at radius 1 is 1.23 bits per heavy atom. The number of carbonyl (C=O) groups is 2. The average molecular weight is 365 g/mol. The van der Waals surface area contributed by atoms with Crippen molar-refractivity contribution in [2.75, 3.05) is 11.1 Å². The van der Waals surface area contributed by atoms with E-state index in [2.05, 4.69) is 15.5 Å². The largest absolute Gasteiger partial charge is 0.411 e. The number of thioether (sulfide) groups is 1. The van der Waals surface area contributed by atoms with Crippen LogP contribution in [0, 0.1) is 6.92 Å². The first-order valence-electron chi connectivity index (χ1n) is 8.08. The number of rotatable bonds is 5. The van der Waals surface area contributed by atoms with Gasteiger partial charge in [0.15, 0.2) is 5.78 Å². The number of ketones is 1. The normalized spacial score (nSPS) is 12.7. The van der Waals surface area contributed by atoms with Crippen LogP contribution < -0.4 is 5.32 Å². The third kappa shape index (κ3) is 3.39. The summed E-state index contributed by atoms with van der Waals surface area (Å²) >= 11 is 1.20. The number of aromatic nitrogens is 2. The molecule has 1 aromatic heterocycles. The fourth-order valence-electron chi connectivity index (χ4n) is 2.78. The van der Waals surface area contributed by atoms with Gasteiger partial charge in [-0.25, -0.2) is 0 Å². The lowest BCUT2D eigenvalue weighted by atomic mass is 10.1. The summed E-state index contributed by atoms with van der Waals surface area (Å²) in [6.45, 7) is 1.99. The summed E-state index contributed by atoms with van der Waals surface area (Å²) in [5.41, 5.74) is 4.16. The van der Waals surface area contributed by atoms with Crippen LogP contribution in [0.4, 0.5) is 5.69 Å². The van der Waals surface area contributed by atoms with Crippen molar-refractivity contribution in [1.82, 2.24) is 10.2 Å². The quantitative estimate of drug-likeness (QED) is 0.550. The lowest BCUT2D eigenvalue weighted by molar-refractivity contribution is -0.115. The molecule has 6 nitrogen and oxygen atoms in total. The van der Waals surface area contributed by atoms with Gasteiger partial charge in [-0.1, -0.05) is 29.5 Å². The fraction of sp³-hybridized carbons (Fsp3) is 0.158. The number of Topliss-reactive ketones (excluding diaryl/α,β-unsaturated/α-hetero) is 1. The van der Waals surface area contributed by atoms with Gasteiger partial charge in [-0.05, 0) is 42.8 Å². The van der Waals surface area contributed by atoms with Crippen molar-refractivity contribution in [3.05, 3.63) is 59.2 Å². The first kappa shape index (κ1) is 16.5. The number of amides is 1. The molecule has 0 saturated carbocycles. The Hall–Kier alpha value is -2.93. The molecule has 0 fully saturated rings. The van der Waals surface area contributed by atoms with Crippen LogP contribution >= 0.6 is 11.8 Å². The van der Waals surface area contributed by atoms with E-state index < -0.39 is 0 Å². The van der Waals surface area contributed by atoms with Gasteiger partial charge in [-0.2, -0.15) is 0 Å². The minimum absolute atomic E-state index is 0.0477. The van der Waals surface area contributed by atoms with E-state index in [4.69, 9.17) is 4.42 Å². The number of anilines is 1. The minimum atomic E-state index is -0.0487. The van der Waals surface area contributed by atoms with Crippen molar-refractivity contribution in [3.8, 4) is 11.5 Å². The van der Waals surface area contributed by atoms with Gasteiger partial charge >= 0.3 is 0 Å². The molecule has 1 aliphatic heterocycles. The lowest BCUT2D eigenvalue weighted by Gasteiger charge is -2.02. The van der Waals surface area contributed by atoms with Crippen molar-refractivity contribution in [2.45, 2.75) is 18.6 Å². The molecule has 26 heavy (non-hydrogen) atoms. The molecule has 0 saturated heterocycles. The Morgan fingerprint density at radius 2 is 2.12 bits per heavy atom. The van der Waals surface area contributed by atoms with Crippen molar-refractivity contribution < 1.29 is 14.0 Å². The van der Waals surface area contributed by atoms with Gasteiger partial charge in [0.25, 0.3) is 5.22 Å². The number of hydrogen-bond acceptors (Lipinski definition) is 6. The minimum Gasteiger partial charge on any atom is -0.411 e. The number of nitrogens with one attached hydrogen (secondary N) is 1. The lowest BCUT2D eigenvalue weighted by Crippen LogP contribution is -2.03. The highest BCUT2D eigenvalue weighted by molar-refractivity contribution is 7.99. The number of hydrogen-bond donors (Lipinski definition) is 1. The van der Waals surface area contributed by atoms with Crippen LogP contribution in [-0.4, -0.2) is 27.6 Å². The third-order valence-electron chi connectivity index (χ3n) is 4.05. The molecule has 4 rings (SSSR count). The van der Waals surface area contributed by atoms with E-state index in [1.165, 1.54) is 11.8 Å².